The Hall–Kier alpha value is -1.38. The minimum absolute atomic E-state index is 0.216. The number of carbonyl (C=O) groups is 1. The fraction of sp³-hybridized carbons (Fsp3) is 0.300. The second-order valence-electron chi connectivity index (χ2n) is 2.82. The van der Waals surface area contributed by atoms with Gasteiger partial charge in [-0.05, 0) is 5.56 Å². The number of hydrogen-bond acceptors (Lipinski definition) is 1. The molecular formula is C10H12FNO. The van der Waals surface area contributed by atoms with Gasteiger partial charge in [0.1, 0.15) is 6.67 Å². The van der Waals surface area contributed by atoms with Crippen molar-refractivity contribution in [1.82, 2.24) is 5.32 Å². The molecule has 1 aromatic rings. The van der Waals surface area contributed by atoms with E-state index in [0.717, 1.165) is 5.56 Å². The second kappa shape index (κ2) is 4.60. The zero-order valence-corrected chi connectivity index (χ0v) is 7.46. The van der Waals surface area contributed by atoms with Crippen LogP contribution in [0.1, 0.15) is 18.5 Å². The van der Waals surface area contributed by atoms with Crippen LogP contribution in [0.2, 0.25) is 0 Å². The van der Waals surface area contributed by atoms with E-state index in [4.69, 9.17) is 0 Å². The molecular weight excluding hydrogens is 169 g/mol. The quantitative estimate of drug-likeness (QED) is 0.757. The molecule has 1 N–H and O–H groups in total. The summed E-state index contributed by atoms with van der Waals surface area (Å²) in [6.45, 7) is 0.801. The molecule has 0 saturated carbocycles. The third-order valence-corrected chi connectivity index (χ3v) is 1.73. The lowest BCUT2D eigenvalue weighted by Crippen LogP contribution is -2.27. The SMILES string of the molecule is CC(=O)N[C@@H](CF)c1ccccc1. The van der Waals surface area contributed by atoms with Crippen LogP contribution in [0.5, 0.6) is 0 Å². The van der Waals surface area contributed by atoms with Crippen LogP contribution in [-0.2, 0) is 4.79 Å². The lowest BCUT2D eigenvalue weighted by molar-refractivity contribution is -0.119. The second-order valence-corrected chi connectivity index (χ2v) is 2.82. The Labute approximate surface area is 76.8 Å². The first-order valence-electron chi connectivity index (χ1n) is 4.12. The molecule has 0 radical (unpaired) electrons. The summed E-state index contributed by atoms with van der Waals surface area (Å²) in [5, 5.41) is 2.53. The maximum absolute atomic E-state index is 12.5. The van der Waals surface area contributed by atoms with Gasteiger partial charge < -0.3 is 5.32 Å². The van der Waals surface area contributed by atoms with Crippen molar-refractivity contribution in [3.63, 3.8) is 0 Å². The van der Waals surface area contributed by atoms with Crippen molar-refractivity contribution >= 4 is 5.91 Å². The van der Waals surface area contributed by atoms with E-state index in [1.165, 1.54) is 6.92 Å². The summed E-state index contributed by atoms with van der Waals surface area (Å²) >= 11 is 0. The van der Waals surface area contributed by atoms with E-state index in [9.17, 15) is 9.18 Å². The summed E-state index contributed by atoms with van der Waals surface area (Å²) in [5.74, 6) is -0.216. The van der Waals surface area contributed by atoms with Gasteiger partial charge in [-0.25, -0.2) is 4.39 Å². The highest BCUT2D eigenvalue weighted by molar-refractivity contribution is 5.73. The highest BCUT2D eigenvalue weighted by atomic mass is 19.1. The predicted octanol–water partition coefficient (Wildman–Crippen LogP) is 1.83. The lowest BCUT2D eigenvalue weighted by atomic mass is 10.1. The molecule has 0 bridgehead atoms. The molecule has 0 aromatic heterocycles. The van der Waals surface area contributed by atoms with E-state index in [2.05, 4.69) is 5.32 Å². The molecule has 13 heavy (non-hydrogen) atoms. The zero-order chi connectivity index (χ0) is 9.68. The summed E-state index contributed by atoms with van der Waals surface area (Å²) in [6.07, 6.45) is 0. The van der Waals surface area contributed by atoms with Crippen LogP contribution in [0.3, 0.4) is 0 Å². The Morgan fingerprint density at radius 1 is 1.46 bits per heavy atom. The van der Waals surface area contributed by atoms with Gasteiger partial charge in [0.25, 0.3) is 0 Å². The minimum Gasteiger partial charge on any atom is -0.347 e. The number of nitrogens with one attached hydrogen (secondary N) is 1. The molecule has 0 saturated heterocycles. The Morgan fingerprint density at radius 2 is 2.08 bits per heavy atom. The van der Waals surface area contributed by atoms with Crippen molar-refractivity contribution in [2.45, 2.75) is 13.0 Å². The van der Waals surface area contributed by atoms with Gasteiger partial charge >= 0.3 is 0 Å². The third-order valence-electron chi connectivity index (χ3n) is 1.73. The van der Waals surface area contributed by atoms with E-state index >= 15 is 0 Å². The Kier molecular flexibility index (Phi) is 3.43. The molecule has 1 aromatic carbocycles. The monoisotopic (exact) mass is 181 g/mol. The summed E-state index contributed by atoms with van der Waals surface area (Å²) < 4.78 is 12.5. The molecule has 0 heterocycles. The van der Waals surface area contributed by atoms with E-state index < -0.39 is 12.7 Å². The molecule has 70 valence electrons. The summed E-state index contributed by atoms with van der Waals surface area (Å²) in [4.78, 5) is 10.7. The number of alkyl halides is 1. The first-order valence-corrected chi connectivity index (χ1v) is 4.12. The number of amides is 1. The van der Waals surface area contributed by atoms with Gasteiger partial charge in [0, 0.05) is 6.92 Å². The third kappa shape index (κ3) is 2.86. The Balaban J connectivity index is 2.73. The van der Waals surface area contributed by atoms with Crippen LogP contribution in [0.15, 0.2) is 30.3 Å². The topological polar surface area (TPSA) is 29.1 Å². The molecule has 1 amide bonds. The van der Waals surface area contributed by atoms with Gasteiger partial charge in [-0.3, -0.25) is 4.79 Å². The summed E-state index contributed by atoms with van der Waals surface area (Å²) in [6, 6.07) is 8.56. The molecule has 1 rings (SSSR count). The first-order chi connectivity index (χ1) is 6.24. The standard InChI is InChI=1S/C10H12FNO/c1-8(13)12-10(7-11)9-5-3-2-4-6-9/h2-6,10H,7H2,1H3,(H,12,13)/t10-/m0/s1. The van der Waals surface area contributed by atoms with Gasteiger partial charge in [-0.2, -0.15) is 0 Å². The van der Waals surface area contributed by atoms with Crippen LogP contribution in [0.4, 0.5) is 4.39 Å². The van der Waals surface area contributed by atoms with Crippen molar-refractivity contribution in [2.75, 3.05) is 6.67 Å². The van der Waals surface area contributed by atoms with E-state index in [-0.39, 0.29) is 5.91 Å². The van der Waals surface area contributed by atoms with Gasteiger partial charge in [-0.1, -0.05) is 30.3 Å². The fourth-order valence-corrected chi connectivity index (χ4v) is 1.14. The Bertz CT molecular complexity index is 274. The van der Waals surface area contributed by atoms with Gasteiger partial charge in [0.05, 0.1) is 6.04 Å². The van der Waals surface area contributed by atoms with Crippen LogP contribution >= 0.6 is 0 Å². The van der Waals surface area contributed by atoms with Crippen molar-refractivity contribution in [2.24, 2.45) is 0 Å². The normalized spacial score (nSPS) is 12.2. The van der Waals surface area contributed by atoms with Crippen LogP contribution in [-0.4, -0.2) is 12.6 Å². The smallest absolute Gasteiger partial charge is 0.217 e. The molecule has 0 spiro atoms. The molecule has 0 fully saturated rings. The number of halogens is 1. The Morgan fingerprint density at radius 3 is 2.54 bits per heavy atom. The largest absolute Gasteiger partial charge is 0.347 e. The average Bonchev–Trinajstić information content (AvgIpc) is 2.15. The van der Waals surface area contributed by atoms with Crippen LogP contribution < -0.4 is 5.32 Å². The molecule has 3 heteroatoms. The minimum atomic E-state index is -0.580. The molecule has 2 nitrogen and oxygen atoms in total. The molecule has 1 atom stereocenters. The average molecular weight is 181 g/mol. The number of hydrogen-bond donors (Lipinski definition) is 1. The number of carbonyl (C=O) groups excluding carboxylic acids is 1. The van der Waals surface area contributed by atoms with E-state index in [1.54, 1.807) is 12.1 Å². The predicted molar refractivity (Wildman–Crippen MR) is 49.0 cm³/mol. The van der Waals surface area contributed by atoms with Crippen molar-refractivity contribution in [3.05, 3.63) is 35.9 Å². The van der Waals surface area contributed by atoms with Crippen molar-refractivity contribution < 1.29 is 9.18 Å². The van der Waals surface area contributed by atoms with Crippen LogP contribution in [0, 0.1) is 0 Å². The van der Waals surface area contributed by atoms with Gasteiger partial charge in [0.15, 0.2) is 0 Å². The highest BCUT2D eigenvalue weighted by Crippen LogP contribution is 2.12. The fourth-order valence-electron chi connectivity index (χ4n) is 1.14. The first kappa shape index (κ1) is 9.71. The maximum Gasteiger partial charge on any atom is 0.217 e. The zero-order valence-electron chi connectivity index (χ0n) is 7.46. The van der Waals surface area contributed by atoms with Gasteiger partial charge in [0.2, 0.25) is 5.91 Å². The molecule has 0 unspecified atom stereocenters. The number of rotatable bonds is 3. The summed E-state index contributed by atoms with van der Waals surface area (Å²) in [5.41, 5.74) is 0.792. The van der Waals surface area contributed by atoms with E-state index in [0.29, 0.717) is 0 Å². The van der Waals surface area contributed by atoms with Crippen molar-refractivity contribution in [1.29, 1.82) is 0 Å². The molecule has 0 aliphatic rings. The summed E-state index contributed by atoms with van der Waals surface area (Å²) in [7, 11) is 0. The van der Waals surface area contributed by atoms with Crippen LogP contribution in [0.25, 0.3) is 0 Å². The lowest BCUT2D eigenvalue weighted by Gasteiger charge is -2.13. The van der Waals surface area contributed by atoms with E-state index in [1.807, 2.05) is 18.2 Å². The molecule has 0 aliphatic carbocycles. The number of benzene rings is 1. The maximum atomic E-state index is 12.5. The highest BCUT2D eigenvalue weighted by Gasteiger charge is 2.10. The van der Waals surface area contributed by atoms with Gasteiger partial charge in [-0.15, -0.1) is 0 Å². The molecule has 0 aliphatic heterocycles. The van der Waals surface area contributed by atoms with Crippen molar-refractivity contribution in [3.8, 4) is 0 Å².